The van der Waals surface area contributed by atoms with E-state index >= 15 is 0 Å². The molecule has 0 saturated carbocycles. The maximum absolute atomic E-state index is 10.9. The summed E-state index contributed by atoms with van der Waals surface area (Å²) in [5.74, 6) is 0.0953. The Morgan fingerprint density at radius 2 is 2.33 bits per heavy atom. The topological polar surface area (TPSA) is 65.0 Å². The highest BCUT2D eigenvalue weighted by Gasteiger charge is 2.08. The van der Waals surface area contributed by atoms with Crippen molar-refractivity contribution in [2.75, 3.05) is 19.8 Å². The molecule has 0 unspecified atom stereocenters. The lowest BCUT2D eigenvalue weighted by Crippen LogP contribution is -2.10. The molecule has 1 rings (SSSR count). The van der Waals surface area contributed by atoms with E-state index in [0.717, 1.165) is 12.4 Å². The van der Waals surface area contributed by atoms with E-state index in [1.165, 1.54) is 6.92 Å². The maximum atomic E-state index is 10.9. The molecule has 0 bridgehead atoms. The van der Waals surface area contributed by atoms with Gasteiger partial charge in [0.1, 0.15) is 18.8 Å². The number of carbonyl (C=O) groups excluding carboxylic acids is 2. The number of carbonyl (C=O) groups is 2. The zero-order valence-corrected chi connectivity index (χ0v) is 8.82. The van der Waals surface area contributed by atoms with Crippen molar-refractivity contribution in [3.05, 3.63) is 0 Å². The zero-order chi connectivity index (χ0) is 11.1. The number of aliphatic imine (C=N–C) groups is 1. The molecule has 1 heterocycles. The molecule has 0 radical (unpaired) electrons. The number of ketones is 1. The van der Waals surface area contributed by atoms with Gasteiger partial charge in [0.05, 0.1) is 13.2 Å². The van der Waals surface area contributed by atoms with Gasteiger partial charge in [0.25, 0.3) is 0 Å². The van der Waals surface area contributed by atoms with E-state index in [0.29, 0.717) is 26.1 Å². The van der Waals surface area contributed by atoms with Crippen molar-refractivity contribution in [3.63, 3.8) is 0 Å². The number of rotatable bonds is 6. The lowest BCUT2D eigenvalue weighted by Gasteiger charge is -2.03. The van der Waals surface area contributed by atoms with Crippen molar-refractivity contribution in [1.82, 2.24) is 0 Å². The van der Waals surface area contributed by atoms with Crippen LogP contribution < -0.4 is 0 Å². The number of esters is 1. The largest absolute Gasteiger partial charge is 0.479 e. The van der Waals surface area contributed by atoms with Crippen molar-refractivity contribution < 1.29 is 19.1 Å². The molecule has 0 aliphatic carbocycles. The fourth-order valence-corrected chi connectivity index (χ4v) is 1.19. The molecule has 5 heteroatoms. The lowest BCUT2D eigenvalue weighted by molar-refractivity contribution is -0.145. The van der Waals surface area contributed by atoms with Gasteiger partial charge in [-0.25, -0.2) is 0 Å². The van der Waals surface area contributed by atoms with Gasteiger partial charge in [-0.15, -0.1) is 0 Å². The smallest absolute Gasteiger partial charge is 0.313 e. The monoisotopic (exact) mass is 213 g/mol. The number of hydrogen-bond acceptors (Lipinski definition) is 5. The zero-order valence-electron chi connectivity index (χ0n) is 8.82. The minimum atomic E-state index is -0.461. The van der Waals surface area contributed by atoms with E-state index in [-0.39, 0.29) is 12.2 Å². The molecule has 0 aromatic heterocycles. The molecular formula is C10H15NO4. The molecule has 0 spiro atoms. The minimum Gasteiger partial charge on any atom is -0.479 e. The van der Waals surface area contributed by atoms with Gasteiger partial charge in [-0.05, 0) is 13.3 Å². The molecule has 15 heavy (non-hydrogen) atoms. The molecule has 0 aromatic carbocycles. The molecule has 84 valence electrons. The first-order valence-corrected chi connectivity index (χ1v) is 4.99. The summed E-state index contributed by atoms with van der Waals surface area (Å²) in [4.78, 5) is 25.6. The van der Waals surface area contributed by atoms with Crippen molar-refractivity contribution in [2.24, 2.45) is 4.99 Å². The van der Waals surface area contributed by atoms with Crippen LogP contribution in [0.2, 0.25) is 0 Å². The van der Waals surface area contributed by atoms with Crippen LogP contribution in [-0.4, -0.2) is 37.4 Å². The van der Waals surface area contributed by atoms with E-state index in [9.17, 15) is 9.59 Å². The summed E-state index contributed by atoms with van der Waals surface area (Å²) in [6, 6.07) is 0. The predicted octanol–water partition coefficient (Wildman–Crippen LogP) is 0.718. The van der Waals surface area contributed by atoms with Gasteiger partial charge in [0, 0.05) is 6.42 Å². The highest BCUT2D eigenvalue weighted by atomic mass is 16.5. The Hall–Kier alpha value is -1.39. The molecule has 5 nitrogen and oxygen atoms in total. The Balaban J connectivity index is 2.01. The first-order valence-electron chi connectivity index (χ1n) is 4.99. The Labute approximate surface area is 88.5 Å². The van der Waals surface area contributed by atoms with Crippen LogP contribution in [0.3, 0.4) is 0 Å². The molecule has 0 fully saturated rings. The standard InChI is InChI=1S/C10H15NO4/c1-8(12)7-10(13)15-5-2-3-9-11-4-6-14-9/h2-7H2,1H3. The molecule has 0 atom stereocenters. The van der Waals surface area contributed by atoms with Gasteiger partial charge in [-0.2, -0.15) is 0 Å². The number of Topliss-reactive ketones (excluding diaryl/α,β-unsaturated/α-hetero) is 1. The second kappa shape index (κ2) is 6.16. The van der Waals surface area contributed by atoms with Crippen LogP contribution in [0, 0.1) is 0 Å². The van der Waals surface area contributed by atoms with Crippen LogP contribution in [-0.2, 0) is 19.1 Å². The van der Waals surface area contributed by atoms with Crippen molar-refractivity contribution in [3.8, 4) is 0 Å². The first kappa shape index (κ1) is 11.7. The summed E-state index contributed by atoms with van der Waals surface area (Å²) in [5.41, 5.74) is 0. The Bertz CT molecular complexity index is 273. The van der Waals surface area contributed by atoms with E-state index < -0.39 is 5.97 Å². The Morgan fingerprint density at radius 1 is 1.53 bits per heavy atom. The van der Waals surface area contributed by atoms with Gasteiger partial charge in [0.15, 0.2) is 5.90 Å². The number of ether oxygens (including phenoxy) is 2. The normalized spacial score (nSPS) is 14.3. The molecular weight excluding hydrogens is 198 g/mol. The van der Waals surface area contributed by atoms with E-state index in [1.807, 2.05) is 0 Å². The maximum Gasteiger partial charge on any atom is 0.313 e. The predicted molar refractivity (Wildman–Crippen MR) is 53.7 cm³/mol. The first-order chi connectivity index (χ1) is 7.18. The SMILES string of the molecule is CC(=O)CC(=O)OCCCC1=NCCO1. The van der Waals surface area contributed by atoms with Crippen LogP contribution in [0.1, 0.15) is 26.2 Å². The van der Waals surface area contributed by atoms with Crippen LogP contribution in [0.5, 0.6) is 0 Å². The van der Waals surface area contributed by atoms with Gasteiger partial charge >= 0.3 is 5.97 Å². The summed E-state index contributed by atoms with van der Waals surface area (Å²) < 4.78 is 10.0. The van der Waals surface area contributed by atoms with Gasteiger partial charge in [0.2, 0.25) is 0 Å². The van der Waals surface area contributed by atoms with Crippen LogP contribution >= 0.6 is 0 Å². The summed E-state index contributed by atoms with van der Waals surface area (Å²) in [6.07, 6.45) is 1.23. The quantitative estimate of drug-likeness (QED) is 0.370. The molecule has 0 N–H and O–H groups in total. The molecule has 0 saturated heterocycles. The Morgan fingerprint density at radius 3 is 2.93 bits per heavy atom. The summed E-state index contributed by atoms with van der Waals surface area (Å²) in [7, 11) is 0. The van der Waals surface area contributed by atoms with E-state index in [1.54, 1.807) is 0 Å². The fourth-order valence-electron chi connectivity index (χ4n) is 1.19. The van der Waals surface area contributed by atoms with Gasteiger partial charge in [-0.3, -0.25) is 14.6 Å². The van der Waals surface area contributed by atoms with E-state index in [2.05, 4.69) is 4.99 Å². The third-order valence-electron chi connectivity index (χ3n) is 1.84. The summed E-state index contributed by atoms with van der Waals surface area (Å²) in [6.45, 7) is 3.05. The van der Waals surface area contributed by atoms with Crippen LogP contribution in [0.15, 0.2) is 4.99 Å². The van der Waals surface area contributed by atoms with Crippen LogP contribution in [0.4, 0.5) is 0 Å². The number of hydrogen-bond donors (Lipinski definition) is 0. The van der Waals surface area contributed by atoms with E-state index in [4.69, 9.17) is 9.47 Å². The lowest BCUT2D eigenvalue weighted by atomic mass is 10.3. The molecule has 1 aliphatic rings. The molecule has 1 aliphatic heterocycles. The third-order valence-corrected chi connectivity index (χ3v) is 1.84. The molecule has 0 amide bonds. The molecule has 0 aromatic rings. The average molecular weight is 213 g/mol. The summed E-state index contributed by atoms with van der Waals surface area (Å²) >= 11 is 0. The minimum absolute atomic E-state index is 0.141. The second-order valence-corrected chi connectivity index (χ2v) is 3.33. The summed E-state index contributed by atoms with van der Waals surface area (Å²) in [5, 5.41) is 0. The second-order valence-electron chi connectivity index (χ2n) is 3.33. The number of nitrogens with zero attached hydrogens (tertiary/aromatic N) is 1. The third kappa shape index (κ3) is 5.15. The highest BCUT2D eigenvalue weighted by Crippen LogP contribution is 2.02. The van der Waals surface area contributed by atoms with Crippen molar-refractivity contribution in [1.29, 1.82) is 0 Å². The van der Waals surface area contributed by atoms with Crippen LogP contribution in [0.25, 0.3) is 0 Å². The fraction of sp³-hybridized carbons (Fsp3) is 0.700. The van der Waals surface area contributed by atoms with Crippen molar-refractivity contribution in [2.45, 2.75) is 26.2 Å². The van der Waals surface area contributed by atoms with Crippen molar-refractivity contribution >= 4 is 17.7 Å². The van der Waals surface area contributed by atoms with Gasteiger partial charge in [-0.1, -0.05) is 0 Å². The Kier molecular flexibility index (Phi) is 4.80. The average Bonchev–Trinajstić information content (AvgIpc) is 2.63. The van der Waals surface area contributed by atoms with Gasteiger partial charge < -0.3 is 9.47 Å². The highest BCUT2D eigenvalue weighted by molar-refractivity contribution is 5.94.